The molecule has 14 heavy (non-hydrogen) atoms. The molecular weight excluding hydrogens is 182 g/mol. The molecule has 0 atom stereocenters. The van der Waals surface area contributed by atoms with E-state index in [1.807, 2.05) is 6.92 Å². The molecule has 4 heteroatoms. The van der Waals surface area contributed by atoms with E-state index in [1.165, 1.54) is 12.1 Å². The minimum Gasteiger partial charge on any atom is -0.462 e. The molecule has 0 saturated carbocycles. The standard InChI is InChI=1S/C10H13NO3/c1-3-8-7(10(13)14-4-2)5-6-9(12)11-8/h5-6H,3-4H2,1-2H3,(H,11,12). The molecule has 0 unspecified atom stereocenters. The number of nitrogens with one attached hydrogen (secondary N) is 1. The van der Waals surface area contributed by atoms with Gasteiger partial charge in [-0.2, -0.15) is 0 Å². The van der Waals surface area contributed by atoms with Gasteiger partial charge in [0.15, 0.2) is 0 Å². The maximum Gasteiger partial charge on any atom is 0.339 e. The molecule has 0 aromatic carbocycles. The normalized spacial score (nSPS) is 9.86. The lowest BCUT2D eigenvalue weighted by Gasteiger charge is -2.05. The van der Waals surface area contributed by atoms with E-state index in [9.17, 15) is 9.59 Å². The van der Waals surface area contributed by atoms with Crippen LogP contribution >= 0.6 is 0 Å². The SMILES string of the molecule is CCOC(=O)c1ccc(=O)[nH]c1CC. The van der Waals surface area contributed by atoms with Crippen molar-refractivity contribution in [2.75, 3.05) is 6.61 Å². The molecule has 4 nitrogen and oxygen atoms in total. The van der Waals surface area contributed by atoms with E-state index < -0.39 is 0 Å². The highest BCUT2D eigenvalue weighted by Gasteiger charge is 2.11. The van der Waals surface area contributed by atoms with Crippen molar-refractivity contribution in [2.45, 2.75) is 20.3 Å². The number of H-pyrrole nitrogens is 1. The van der Waals surface area contributed by atoms with Crippen LogP contribution in [-0.4, -0.2) is 17.6 Å². The van der Waals surface area contributed by atoms with Gasteiger partial charge in [0.25, 0.3) is 0 Å². The Hall–Kier alpha value is -1.58. The minimum absolute atomic E-state index is 0.199. The van der Waals surface area contributed by atoms with Gasteiger partial charge < -0.3 is 9.72 Å². The molecule has 0 spiro atoms. The fourth-order valence-electron chi connectivity index (χ4n) is 1.20. The minimum atomic E-state index is -0.388. The van der Waals surface area contributed by atoms with Crippen molar-refractivity contribution in [1.29, 1.82) is 0 Å². The predicted molar refractivity (Wildman–Crippen MR) is 52.4 cm³/mol. The van der Waals surface area contributed by atoms with Crippen molar-refractivity contribution in [2.24, 2.45) is 0 Å². The number of aromatic nitrogens is 1. The third kappa shape index (κ3) is 2.22. The molecule has 1 heterocycles. The number of hydrogen-bond acceptors (Lipinski definition) is 3. The van der Waals surface area contributed by atoms with Gasteiger partial charge in [0, 0.05) is 11.8 Å². The van der Waals surface area contributed by atoms with Gasteiger partial charge in [0.1, 0.15) is 0 Å². The zero-order chi connectivity index (χ0) is 10.6. The Morgan fingerprint density at radius 2 is 2.14 bits per heavy atom. The number of carbonyl (C=O) groups excluding carboxylic acids is 1. The maximum absolute atomic E-state index is 11.4. The van der Waals surface area contributed by atoms with E-state index in [0.29, 0.717) is 24.3 Å². The summed E-state index contributed by atoms with van der Waals surface area (Å²) in [5.74, 6) is -0.388. The average Bonchev–Trinajstić information content (AvgIpc) is 2.17. The van der Waals surface area contributed by atoms with Gasteiger partial charge in [-0.1, -0.05) is 6.92 Å². The van der Waals surface area contributed by atoms with Gasteiger partial charge >= 0.3 is 5.97 Å². The Labute approximate surface area is 81.9 Å². The van der Waals surface area contributed by atoms with Crippen LogP contribution in [0.2, 0.25) is 0 Å². The molecule has 0 radical (unpaired) electrons. The molecule has 0 aliphatic rings. The van der Waals surface area contributed by atoms with Crippen LogP contribution < -0.4 is 5.56 Å². The molecule has 0 aliphatic carbocycles. The molecule has 1 aromatic heterocycles. The third-order valence-electron chi connectivity index (χ3n) is 1.85. The number of rotatable bonds is 3. The van der Waals surface area contributed by atoms with E-state index in [4.69, 9.17) is 4.74 Å². The number of aromatic amines is 1. The van der Waals surface area contributed by atoms with Gasteiger partial charge in [0.05, 0.1) is 12.2 Å². The Kier molecular flexibility index (Phi) is 3.45. The fraction of sp³-hybridized carbons (Fsp3) is 0.400. The number of ether oxygens (including phenoxy) is 1. The first-order valence-corrected chi connectivity index (χ1v) is 4.58. The summed E-state index contributed by atoms with van der Waals surface area (Å²) in [7, 11) is 0. The molecule has 76 valence electrons. The second-order valence-electron chi connectivity index (χ2n) is 2.79. The summed E-state index contributed by atoms with van der Waals surface area (Å²) < 4.78 is 4.85. The summed E-state index contributed by atoms with van der Waals surface area (Å²) in [4.78, 5) is 25.0. The Morgan fingerprint density at radius 1 is 1.43 bits per heavy atom. The van der Waals surface area contributed by atoms with Crippen LogP contribution in [0.15, 0.2) is 16.9 Å². The number of aryl methyl sites for hydroxylation is 1. The highest BCUT2D eigenvalue weighted by atomic mass is 16.5. The van der Waals surface area contributed by atoms with E-state index in [1.54, 1.807) is 6.92 Å². The van der Waals surface area contributed by atoms with Crippen LogP contribution in [0.3, 0.4) is 0 Å². The first-order chi connectivity index (χ1) is 6.69. The number of carbonyl (C=O) groups is 1. The highest BCUT2D eigenvalue weighted by molar-refractivity contribution is 5.90. The maximum atomic E-state index is 11.4. The largest absolute Gasteiger partial charge is 0.462 e. The van der Waals surface area contributed by atoms with Gasteiger partial charge in [-0.05, 0) is 19.4 Å². The Balaban J connectivity index is 3.07. The Bertz CT molecular complexity index is 381. The fourth-order valence-corrected chi connectivity index (χ4v) is 1.20. The van der Waals surface area contributed by atoms with Crippen molar-refractivity contribution < 1.29 is 9.53 Å². The zero-order valence-electron chi connectivity index (χ0n) is 8.29. The van der Waals surface area contributed by atoms with Crippen molar-refractivity contribution in [1.82, 2.24) is 4.98 Å². The lowest BCUT2D eigenvalue weighted by Crippen LogP contribution is -2.14. The Morgan fingerprint density at radius 3 is 2.71 bits per heavy atom. The third-order valence-corrected chi connectivity index (χ3v) is 1.85. The summed E-state index contributed by atoms with van der Waals surface area (Å²) in [6.07, 6.45) is 0.601. The summed E-state index contributed by atoms with van der Waals surface area (Å²) >= 11 is 0. The number of hydrogen-bond donors (Lipinski definition) is 1. The van der Waals surface area contributed by atoms with E-state index in [2.05, 4.69) is 4.98 Å². The molecule has 0 bridgehead atoms. The summed E-state index contributed by atoms with van der Waals surface area (Å²) in [6.45, 7) is 3.95. The highest BCUT2D eigenvalue weighted by Crippen LogP contribution is 2.05. The van der Waals surface area contributed by atoms with Crippen LogP contribution in [0.25, 0.3) is 0 Å². The molecule has 0 fully saturated rings. The molecule has 0 amide bonds. The second kappa shape index (κ2) is 4.60. The molecule has 1 N–H and O–H groups in total. The first-order valence-electron chi connectivity index (χ1n) is 4.58. The van der Waals surface area contributed by atoms with Crippen LogP contribution in [0, 0.1) is 0 Å². The molecule has 0 aliphatic heterocycles. The quantitative estimate of drug-likeness (QED) is 0.735. The summed E-state index contributed by atoms with van der Waals surface area (Å²) in [6, 6.07) is 2.82. The monoisotopic (exact) mass is 195 g/mol. The topological polar surface area (TPSA) is 59.2 Å². The molecule has 1 aromatic rings. The first kappa shape index (κ1) is 10.5. The van der Waals surface area contributed by atoms with Crippen molar-refractivity contribution in [3.05, 3.63) is 33.7 Å². The molecule has 0 saturated heterocycles. The predicted octanol–water partition coefficient (Wildman–Crippen LogP) is 1.11. The smallest absolute Gasteiger partial charge is 0.339 e. The van der Waals surface area contributed by atoms with Gasteiger partial charge in [0.2, 0.25) is 5.56 Å². The second-order valence-corrected chi connectivity index (χ2v) is 2.79. The van der Waals surface area contributed by atoms with Crippen LogP contribution in [0.5, 0.6) is 0 Å². The molecule has 1 rings (SSSR count). The molecular formula is C10H13NO3. The lowest BCUT2D eigenvalue weighted by molar-refractivity contribution is 0.0524. The van der Waals surface area contributed by atoms with E-state index in [-0.39, 0.29) is 11.5 Å². The van der Waals surface area contributed by atoms with Crippen LogP contribution in [0.1, 0.15) is 29.9 Å². The average molecular weight is 195 g/mol. The van der Waals surface area contributed by atoms with Crippen molar-refractivity contribution in [3.8, 4) is 0 Å². The van der Waals surface area contributed by atoms with Gasteiger partial charge in [-0.15, -0.1) is 0 Å². The number of pyridine rings is 1. The number of esters is 1. The van der Waals surface area contributed by atoms with E-state index in [0.717, 1.165) is 0 Å². The van der Waals surface area contributed by atoms with Crippen molar-refractivity contribution in [3.63, 3.8) is 0 Å². The zero-order valence-corrected chi connectivity index (χ0v) is 8.29. The van der Waals surface area contributed by atoms with Gasteiger partial charge in [-0.25, -0.2) is 4.79 Å². The van der Waals surface area contributed by atoms with Crippen LogP contribution in [0.4, 0.5) is 0 Å². The van der Waals surface area contributed by atoms with E-state index >= 15 is 0 Å². The van der Waals surface area contributed by atoms with Crippen molar-refractivity contribution >= 4 is 5.97 Å². The van der Waals surface area contributed by atoms with Crippen LogP contribution in [-0.2, 0) is 11.2 Å². The van der Waals surface area contributed by atoms with Gasteiger partial charge in [-0.3, -0.25) is 4.79 Å². The summed E-state index contributed by atoms with van der Waals surface area (Å²) in [5, 5.41) is 0. The lowest BCUT2D eigenvalue weighted by atomic mass is 10.1. The summed E-state index contributed by atoms with van der Waals surface area (Å²) in [5.41, 5.74) is 0.861.